The van der Waals surface area contributed by atoms with Gasteiger partial charge in [0.15, 0.2) is 0 Å². The van der Waals surface area contributed by atoms with E-state index in [1.54, 1.807) is 16.7 Å². The minimum absolute atomic E-state index is 0.0754. The van der Waals surface area contributed by atoms with Crippen LogP contribution >= 0.6 is 23.2 Å². The summed E-state index contributed by atoms with van der Waals surface area (Å²) in [5.74, 6) is 0.430. The lowest BCUT2D eigenvalue weighted by molar-refractivity contribution is 0.00695. The van der Waals surface area contributed by atoms with Gasteiger partial charge in [-0.15, -0.1) is 0 Å². The topological polar surface area (TPSA) is 69.6 Å². The quantitative estimate of drug-likeness (QED) is 0.283. The van der Waals surface area contributed by atoms with Crippen LogP contribution in [0.3, 0.4) is 0 Å². The van der Waals surface area contributed by atoms with E-state index in [4.69, 9.17) is 32.7 Å². The van der Waals surface area contributed by atoms with Crippen molar-refractivity contribution in [2.24, 2.45) is 0 Å². The van der Waals surface area contributed by atoms with E-state index < -0.39 is 5.60 Å². The Morgan fingerprint density at radius 2 is 1.69 bits per heavy atom. The number of aryl methyl sites for hydroxylation is 1. The smallest absolute Gasteiger partial charge is 0.338 e. The van der Waals surface area contributed by atoms with Crippen molar-refractivity contribution in [3.05, 3.63) is 97.9 Å². The van der Waals surface area contributed by atoms with Gasteiger partial charge in [-0.25, -0.2) is 4.79 Å². The van der Waals surface area contributed by atoms with Crippen LogP contribution in [0.25, 0.3) is 0 Å². The Kier molecular flexibility index (Phi) is 9.38. The molecular formula is C27H30Cl2N2O4. The molecule has 0 unspecified atom stereocenters. The predicted molar refractivity (Wildman–Crippen MR) is 140 cm³/mol. The molecule has 8 heteroatoms. The molecule has 0 spiro atoms. The van der Waals surface area contributed by atoms with E-state index in [0.717, 1.165) is 11.3 Å². The van der Waals surface area contributed by atoms with Gasteiger partial charge in [0.25, 0.3) is 5.56 Å². The normalized spacial score (nSPS) is 11.3. The fraction of sp³-hybridized carbons (Fsp3) is 0.333. The summed E-state index contributed by atoms with van der Waals surface area (Å²) in [6.45, 7) is 7.32. The average molecular weight is 517 g/mol. The van der Waals surface area contributed by atoms with Crippen LogP contribution in [0.5, 0.6) is 5.75 Å². The summed E-state index contributed by atoms with van der Waals surface area (Å²) in [5, 5.41) is 3.77. The number of carbonyl (C=O) groups is 1. The molecule has 0 atom stereocenters. The number of halogens is 2. The molecule has 0 aliphatic carbocycles. The SMILES string of the molecule is CC(C)(C)OC(=O)c1ccc(CCn2c(CNCCOc3ccccc3)c(Cl)cc(Cl)c2=O)cc1. The van der Waals surface area contributed by atoms with Crippen LogP contribution in [-0.4, -0.2) is 29.3 Å². The molecule has 6 nitrogen and oxygen atoms in total. The molecule has 3 rings (SSSR count). The number of pyridine rings is 1. The zero-order valence-corrected chi connectivity index (χ0v) is 21.7. The van der Waals surface area contributed by atoms with Crippen molar-refractivity contribution in [3.63, 3.8) is 0 Å². The summed E-state index contributed by atoms with van der Waals surface area (Å²) in [5.41, 5.74) is 1.26. The maximum atomic E-state index is 12.8. The summed E-state index contributed by atoms with van der Waals surface area (Å²) in [4.78, 5) is 25.0. The van der Waals surface area contributed by atoms with Crippen molar-refractivity contribution in [3.8, 4) is 5.75 Å². The fourth-order valence-corrected chi connectivity index (χ4v) is 3.95. The van der Waals surface area contributed by atoms with Crippen molar-refractivity contribution in [2.45, 2.75) is 45.9 Å². The molecule has 0 saturated heterocycles. The molecule has 0 aliphatic heterocycles. The Bertz CT molecular complexity index is 1190. The van der Waals surface area contributed by atoms with Crippen molar-refractivity contribution in [1.82, 2.24) is 9.88 Å². The Morgan fingerprint density at radius 3 is 2.34 bits per heavy atom. The summed E-state index contributed by atoms with van der Waals surface area (Å²) >= 11 is 12.6. The van der Waals surface area contributed by atoms with Crippen LogP contribution in [-0.2, 0) is 24.2 Å². The van der Waals surface area contributed by atoms with Crippen LogP contribution in [0.15, 0.2) is 65.5 Å². The minimum atomic E-state index is -0.555. The second-order valence-corrected chi connectivity index (χ2v) is 9.85. The van der Waals surface area contributed by atoms with E-state index >= 15 is 0 Å². The summed E-state index contributed by atoms with van der Waals surface area (Å²) in [6.07, 6.45) is 0.565. The predicted octanol–water partition coefficient (Wildman–Crippen LogP) is 5.52. The largest absolute Gasteiger partial charge is 0.492 e. The Labute approximate surface area is 215 Å². The van der Waals surface area contributed by atoms with Gasteiger partial charge in [0.1, 0.15) is 23.0 Å². The fourth-order valence-electron chi connectivity index (χ4n) is 3.40. The highest BCUT2D eigenvalue weighted by Gasteiger charge is 2.18. The van der Waals surface area contributed by atoms with E-state index in [0.29, 0.717) is 48.9 Å². The van der Waals surface area contributed by atoms with Crippen LogP contribution < -0.4 is 15.6 Å². The number of aromatic nitrogens is 1. The minimum Gasteiger partial charge on any atom is -0.492 e. The second kappa shape index (κ2) is 12.2. The molecule has 1 aromatic heterocycles. The van der Waals surface area contributed by atoms with Gasteiger partial charge in [0.2, 0.25) is 0 Å². The molecule has 0 fully saturated rings. The van der Waals surface area contributed by atoms with Gasteiger partial charge < -0.3 is 19.4 Å². The van der Waals surface area contributed by atoms with Crippen LogP contribution in [0.2, 0.25) is 10.0 Å². The lowest BCUT2D eigenvalue weighted by Gasteiger charge is -2.19. The first kappa shape index (κ1) is 26.8. The molecule has 3 aromatic rings. The molecule has 1 heterocycles. The van der Waals surface area contributed by atoms with Gasteiger partial charge in [0.05, 0.1) is 16.3 Å². The number of esters is 1. The number of nitrogens with zero attached hydrogens (tertiary/aromatic N) is 1. The maximum Gasteiger partial charge on any atom is 0.338 e. The number of rotatable bonds is 10. The maximum absolute atomic E-state index is 12.8. The van der Waals surface area contributed by atoms with E-state index in [1.165, 1.54) is 6.07 Å². The molecule has 0 saturated carbocycles. The number of benzene rings is 2. The van der Waals surface area contributed by atoms with Gasteiger partial charge in [-0.1, -0.05) is 53.5 Å². The van der Waals surface area contributed by atoms with Crippen molar-refractivity contribution < 1.29 is 14.3 Å². The molecule has 0 amide bonds. The van der Waals surface area contributed by atoms with E-state index in [9.17, 15) is 9.59 Å². The Hall–Kier alpha value is -2.80. The first-order valence-corrected chi connectivity index (χ1v) is 12.2. The molecule has 2 aromatic carbocycles. The zero-order chi connectivity index (χ0) is 25.4. The molecular weight excluding hydrogens is 487 g/mol. The first-order valence-electron chi connectivity index (χ1n) is 11.4. The second-order valence-electron chi connectivity index (χ2n) is 9.03. The molecule has 186 valence electrons. The van der Waals surface area contributed by atoms with E-state index in [1.807, 2.05) is 63.2 Å². The van der Waals surface area contributed by atoms with Gasteiger partial charge in [-0.05, 0) is 63.1 Å². The van der Waals surface area contributed by atoms with E-state index in [2.05, 4.69) is 5.32 Å². The third-order valence-corrected chi connectivity index (χ3v) is 5.70. The number of carbonyl (C=O) groups excluding carboxylic acids is 1. The van der Waals surface area contributed by atoms with Gasteiger partial charge >= 0.3 is 5.97 Å². The monoisotopic (exact) mass is 516 g/mol. The molecule has 0 bridgehead atoms. The lowest BCUT2D eigenvalue weighted by Crippen LogP contribution is -2.29. The summed E-state index contributed by atoms with van der Waals surface area (Å²) in [7, 11) is 0. The highest BCUT2D eigenvalue weighted by Crippen LogP contribution is 2.19. The van der Waals surface area contributed by atoms with Crippen LogP contribution in [0.4, 0.5) is 0 Å². The average Bonchev–Trinajstić information content (AvgIpc) is 2.81. The number of para-hydroxylation sites is 1. The van der Waals surface area contributed by atoms with Gasteiger partial charge in [0, 0.05) is 19.6 Å². The van der Waals surface area contributed by atoms with Gasteiger partial charge in [-0.2, -0.15) is 0 Å². The lowest BCUT2D eigenvalue weighted by atomic mass is 10.1. The summed E-state index contributed by atoms with van der Waals surface area (Å²) < 4.78 is 12.7. The van der Waals surface area contributed by atoms with Crippen molar-refractivity contribution in [2.75, 3.05) is 13.2 Å². The highest BCUT2D eigenvalue weighted by atomic mass is 35.5. The van der Waals surface area contributed by atoms with Crippen LogP contribution in [0, 0.1) is 0 Å². The van der Waals surface area contributed by atoms with Crippen molar-refractivity contribution in [1.29, 1.82) is 0 Å². The number of nitrogens with one attached hydrogen (secondary N) is 1. The van der Waals surface area contributed by atoms with Crippen molar-refractivity contribution >= 4 is 29.2 Å². The Morgan fingerprint density at radius 1 is 1.00 bits per heavy atom. The first-order chi connectivity index (χ1) is 16.6. The highest BCUT2D eigenvalue weighted by molar-refractivity contribution is 6.34. The number of hydrogen-bond donors (Lipinski definition) is 1. The molecule has 0 aliphatic rings. The van der Waals surface area contributed by atoms with Gasteiger partial charge in [-0.3, -0.25) is 4.79 Å². The van der Waals surface area contributed by atoms with Crippen LogP contribution in [0.1, 0.15) is 42.4 Å². The zero-order valence-electron chi connectivity index (χ0n) is 20.1. The molecule has 35 heavy (non-hydrogen) atoms. The standard InChI is InChI=1S/C27H30Cl2N2O4/c1-27(2,3)35-26(33)20-11-9-19(10-12-20)13-15-31-24(22(28)17-23(29)25(31)32)18-30-14-16-34-21-7-5-4-6-8-21/h4-12,17,30H,13-16,18H2,1-3H3. The third-order valence-electron chi connectivity index (χ3n) is 5.10. The Balaban J connectivity index is 1.62. The van der Waals surface area contributed by atoms with E-state index in [-0.39, 0.29) is 16.6 Å². The number of ether oxygens (including phenoxy) is 2. The number of hydrogen-bond acceptors (Lipinski definition) is 5. The third kappa shape index (κ3) is 8.13. The molecule has 1 N–H and O–H groups in total. The molecule has 0 radical (unpaired) electrons. The summed E-state index contributed by atoms with van der Waals surface area (Å²) in [6, 6.07) is 18.2.